The van der Waals surface area contributed by atoms with E-state index in [1.54, 1.807) is 23.7 Å². The van der Waals surface area contributed by atoms with E-state index in [9.17, 15) is 9.59 Å². The van der Waals surface area contributed by atoms with Gasteiger partial charge in [0.15, 0.2) is 0 Å². The van der Waals surface area contributed by atoms with Gasteiger partial charge in [0.25, 0.3) is 0 Å². The van der Waals surface area contributed by atoms with Crippen molar-refractivity contribution >= 4 is 23.8 Å². The molecule has 110 valence electrons. The molecule has 0 bridgehead atoms. The lowest BCUT2D eigenvalue weighted by molar-refractivity contribution is -0.139. The number of amides is 2. The van der Waals surface area contributed by atoms with Crippen LogP contribution in [0.25, 0.3) is 0 Å². The summed E-state index contributed by atoms with van der Waals surface area (Å²) in [7, 11) is 1.71. The second kappa shape index (κ2) is 8.27. The number of nitrogens with one attached hydrogen (secondary N) is 1. The van der Waals surface area contributed by atoms with E-state index >= 15 is 0 Å². The summed E-state index contributed by atoms with van der Waals surface area (Å²) in [5, 5.41) is 11.7. The minimum Gasteiger partial charge on any atom is -0.480 e. The van der Waals surface area contributed by atoms with Gasteiger partial charge in [-0.15, -0.1) is 0 Å². The third-order valence-electron chi connectivity index (χ3n) is 3.27. The van der Waals surface area contributed by atoms with Crippen LogP contribution in [0.4, 0.5) is 4.79 Å². The zero-order valence-electron chi connectivity index (χ0n) is 11.4. The van der Waals surface area contributed by atoms with Crippen molar-refractivity contribution in [3.05, 3.63) is 0 Å². The Kier molecular flexibility index (Phi) is 7.01. The number of hydrogen-bond acceptors (Lipinski definition) is 4. The van der Waals surface area contributed by atoms with Crippen LogP contribution in [-0.4, -0.2) is 66.4 Å². The summed E-state index contributed by atoms with van der Waals surface area (Å²) in [5.74, 6) is -0.277. The summed E-state index contributed by atoms with van der Waals surface area (Å²) < 4.78 is 5.25. The highest BCUT2D eigenvalue weighted by molar-refractivity contribution is 7.98. The Hall–Kier alpha value is -0.950. The van der Waals surface area contributed by atoms with Crippen LogP contribution in [0.3, 0.4) is 0 Å². The third kappa shape index (κ3) is 5.28. The molecule has 2 N–H and O–H groups in total. The minimum absolute atomic E-state index is 0.128. The fraction of sp³-hybridized carbons (Fsp3) is 0.833. The van der Waals surface area contributed by atoms with Gasteiger partial charge < -0.3 is 20.1 Å². The van der Waals surface area contributed by atoms with Crippen LogP contribution in [0.1, 0.15) is 19.3 Å². The molecule has 6 nitrogen and oxygen atoms in total. The van der Waals surface area contributed by atoms with E-state index in [1.807, 2.05) is 6.26 Å². The molecule has 1 heterocycles. The maximum atomic E-state index is 12.0. The van der Waals surface area contributed by atoms with Crippen molar-refractivity contribution in [3.63, 3.8) is 0 Å². The molecule has 0 saturated carbocycles. The molecular weight excluding hydrogens is 268 g/mol. The average Bonchev–Trinajstić information content (AvgIpc) is 2.43. The van der Waals surface area contributed by atoms with Gasteiger partial charge >= 0.3 is 12.0 Å². The molecule has 0 aromatic carbocycles. The van der Waals surface area contributed by atoms with Gasteiger partial charge in [-0.05, 0) is 31.3 Å². The van der Waals surface area contributed by atoms with E-state index in [2.05, 4.69) is 5.32 Å². The number of carbonyl (C=O) groups excluding carboxylic acids is 1. The number of ether oxygens (including phenoxy) is 1. The van der Waals surface area contributed by atoms with Crippen LogP contribution in [0.2, 0.25) is 0 Å². The fourth-order valence-corrected chi connectivity index (χ4v) is 2.45. The van der Waals surface area contributed by atoms with Gasteiger partial charge in [-0.1, -0.05) is 0 Å². The summed E-state index contributed by atoms with van der Waals surface area (Å²) in [6.45, 7) is 1.30. The number of carboxylic acid groups (broad SMARTS) is 1. The van der Waals surface area contributed by atoms with Crippen molar-refractivity contribution < 1.29 is 19.4 Å². The van der Waals surface area contributed by atoms with Crippen LogP contribution in [0, 0.1) is 0 Å². The maximum Gasteiger partial charge on any atom is 0.326 e. The van der Waals surface area contributed by atoms with Crippen molar-refractivity contribution in [2.45, 2.75) is 31.3 Å². The quantitative estimate of drug-likeness (QED) is 0.763. The van der Waals surface area contributed by atoms with Gasteiger partial charge in [0, 0.05) is 26.3 Å². The monoisotopic (exact) mass is 290 g/mol. The van der Waals surface area contributed by atoms with Crippen molar-refractivity contribution in [2.75, 3.05) is 32.3 Å². The smallest absolute Gasteiger partial charge is 0.326 e. The van der Waals surface area contributed by atoms with E-state index in [1.165, 1.54) is 0 Å². The number of urea groups is 1. The van der Waals surface area contributed by atoms with Crippen molar-refractivity contribution in [1.82, 2.24) is 10.2 Å². The summed E-state index contributed by atoms with van der Waals surface area (Å²) in [5.41, 5.74) is 0. The Morgan fingerprint density at radius 3 is 2.63 bits per heavy atom. The highest BCUT2D eigenvalue weighted by Crippen LogP contribution is 2.13. The molecule has 1 saturated heterocycles. The zero-order chi connectivity index (χ0) is 14.3. The molecule has 1 fully saturated rings. The third-order valence-corrected chi connectivity index (χ3v) is 3.91. The van der Waals surface area contributed by atoms with Crippen LogP contribution in [0.5, 0.6) is 0 Å². The fourth-order valence-electron chi connectivity index (χ4n) is 1.98. The molecule has 1 aliphatic heterocycles. The summed E-state index contributed by atoms with van der Waals surface area (Å²) in [4.78, 5) is 24.7. The molecule has 2 amide bonds. The summed E-state index contributed by atoms with van der Waals surface area (Å²) >= 11 is 1.57. The lowest BCUT2D eigenvalue weighted by atomic mass is 10.1. The maximum absolute atomic E-state index is 12.0. The van der Waals surface area contributed by atoms with E-state index in [-0.39, 0.29) is 12.1 Å². The van der Waals surface area contributed by atoms with Crippen LogP contribution >= 0.6 is 11.8 Å². The van der Waals surface area contributed by atoms with Crippen LogP contribution in [0.15, 0.2) is 0 Å². The predicted octanol–water partition coefficient (Wildman–Crippen LogP) is 1.01. The van der Waals surface area contributed by atoms with Crippen molar-refractivity contribution in [3.8, 4) is 0 Å². The number of aliphatic carboxylic acids is 1. The van der Waals surface area contributed by atoms with Gasteiger partial charge in [0.05, 0.1) is 0 Å². The number of carbonyl (C=O) groups is 2. The van der Waals surface area contributed by atoms with Crippen molar-refractivity contribution in [1.29, 1.82) is 0 Å². The molecule has 0 spiro atoms. The Balaban J connectivity index is 2.47. The molecule has 1 unspecified atom stereocenters. The Labute approximate surface area is 117 Å². The summed E-state index contributed by atoms with van der Waals surface area (Å²) in [6.07, 6.45) is 3.94. The normalized spacial score (nSPS) is 17.8. The standard InChI is InChI=1S/C12H22N2O4S/c1-14(9-3-6-18-7-4-9)12(17)13-10(11(15)16)5-8-19-2/h9-10H,3-8H2,1-2H3,(H,13,17)(H,15,16). The average molecular weight is 290 g/mol. The minimum atomic E-state index is -0.984. The molecule has 19 heavy (non-hydrogen) atoms. The topological polar surface area (TPSA) is 78.9 Å². The lowest BCUT2D eigenvalue weighted by Crippen LogP contribution is -2.51. The van der Waals surface area contributed by atoms with E-state index in [4.69, 9.17) is 9.84 Å². The first-order chi connectivity index (χ1) is 9.06. The SMILES string of the molecule is CSCCC(NC(=O)N(C)C1CCOCC1)C(=O)O. The largest absolute Gasteiger partial charge is 0.480 e. The highest BCUT2D eigenvalue weighted by Gasteiger charge is 2.26. The number of rotatable bonds is 6. The van der Waals surface area contributed by atoms with Gasteiger partial charge in [0.2, 0.25) is 0 Å². The van der Waals surface area contributed by atoms with Crippen LogP contribution < -0.4 is 5.32 Å². The molecular formula is C12H22N2O4S. The first-order valence-corrected chi connectivity index (χ1v) is 7.78. The van der Waals surface area contributed by atoms with Gasteiger partial charge in [-0.2, -0.15) is 11.8 Å². The van der Waals surface area contributed by atoms with E-state index < -0.39 is 12.0 Å². The highest BCUT2D eigenvalue weighted by atomic mass is 32.2. The molecule has 1 rings (SSSR count). The predicted molar refractivity (Wildman–Crippen MR) is 74.6 cm³/mol. The molecule has 1 atom stereocenters. The number of nitrogens with zero attached hydrogens (tertiary/aromatic N) is 1. The van der Waals surface area contributed by atoms with Crippen LogP contribution in [-0.2, 0) is 9.53 Å². The first-order valence-electron chi connectivity index (χ1n) is 6.39. The molecule has 0 aromatic heterocycles. The lowest BCUT2D eigenvalue weighted by Gasteiger charge is -2.32. The van der Waals surface area contributed by atoms with E-state index in [0.29, 0.717) is 25.4 Å². The summed E-state index contributed by atoms with van der Waals surface area (Å²) in [6, 6.07) is -1.01. The second-order valence-corrected chi connectivity index (χ2v) is 5.56. The molecule has 0 aromatic rings. The Bertz CT molecular complexity index is 308. The zero-order valence-corrected chi connectivity index (χ0v) is 12.2. The molecule has 0 radical (unpaired) electrons. The van der Waals surface area contributed by atoms with E-state index in [0.717, 1.165) is 12.8 Å². The van der Waals surface area contributed by atoms with Gasteiger partial charge in [-0.3, -0.25) is 0 Å². The molecule has 1 aliphatic rings. The Morgan fingerprint density at radius 2 is 2.11 bits per heavy atom. The molecule has 7 heteroatoms. The van der Waals surface area contributed by atoms with Gasteiger partial charge in [0.1, 0.15) is 6.04 Å². The first kappa shape index (κ1) is 16.1. The number of hydrogen-bond donors (Lipinski definition) is 2. The second-order valence-electron chi connectivity index (χ2n) is 4.58. The number of thioether (sulfide) groups is 1. The van der Waals surface area contributed by atoms with Crippen molar-refractivity contribution in [2.24, 2.45) is 0 Å². The Morgan fingerprint density at radius 1 is 1.47 bits per heavy atom. The molecule has 0 aliphatic carbocycles. The number of carboxylic acids is 1. The van der Waals surface area contributed by atoms with Gasteiger partial charge in [-0.25, -0.2) is 9.59 Å².